The van der Waals surface area contributed by atoms with Crippen molar-refractivity contribution in [2.24, 2.45) is 0 Å². The Morgan fingerprint density at radius 1 is 1.00 bits per heavy atom. The summed E-state index contributed by atoms with van der Waals surface area (Å²) < 4.78 is 5.02. The first-order valence-electron chi connectivity index (χ1n) is 8.86. The maximum Gasteiger partial charge on any atom is 0.340 e. The predicted octanol–water partition coefficient (Wildman–Crippen LogP) is 4.11. The molecule has 0 radical (unpaired) electrons. The molecule has 136 valence electrons. The number of rotatable bonds is 5. The number of nitrogens with one attached hydrogen (secondary N) is 2. The summed E-state index contributed by atoms with van der Waals surface area (Å²) in [7, 11) is 0. The van der Waals surface area contributed by atoms with Gasteiger partial charge >= 0.3 is 12.0 Å². The molecule has 2 aromatic rings. The largest absolute Gasteiger partial charge is 0.462 e. The molecule has 0 saturated carbocycles. The molecule has 1 aliphatic rings. The fraction of sp³-hybridized carbons (Fsp3) is 0.300. The van der Waals surface area contributed by atoms with Crippen molar-refractivity contribution in [1.29, 1.82) is 0 Å². The molecule has 0 spiro atoms. The van der Waals surface area contributed by atoms with Crippen LogP contribution >= 0.6 is 0 Å². The zero-order valence-electron chi connectivity index (χ0n) is 14.8. The third kappa shape index (κ3) is 4.33. The zero-order chi connectivity index (χ0) is 18.4. The normalized spacial score (nSPS) is 13.3. The number of nitrogens with zero attached hydrogens (tertiary/aromatic N) is 1. The first kappa shape index (κ1) is 17.8. The number of hydrogen-bond donors (Lipinski definition) is 2. The summed E-state index contributed by atoms with van der Waals surface area (Å²) in [5, 5.41) is 5.49. The number of hydrogen-bond acceptors (Lipinski definition) is 4. The van der Waals surface area contributed by atoms with Crippen LogP contribution in [0.25, 0.3) is 0 Å². The number of amides is 2. The third-order valence-corrected chi connectivity index (χ3v) is 4.27. The molecule has 0 aromatic heterocycles. The molecule has 2 aromatic carbocycles. The van der Waals surface area contributed by atoms with Crippen molar-refractivity contribution in [3.8, 4) is 0 Å². The minimum absolute atomic E-state index is 0.280. The Morgan fingerprint density at radius 3 is 2.38 bits per heavy atom. The van der Waals surface area contributed by atoms with E-state index in [9.17, 15) is 9.59 Å². The van der Waals surface area contributed by atoms with Crippen LogP contribution in [0.1, 0.15) is 30.1 Å². The van der Waals surface area contributed by atoms with Crippen molar-refractivity contribution in [3.63, 3.8) is 0 Å². The van der Waals surface area contributed by atoms with Gasteiger partial charge in [-0.3, -0.25) is 0 Å². The minimum Gasteiger partial charge on any atom is -0.462 e. The average molecular weight is 353 g/mol. The molecule has 2 N–H and O–H groups in total. The number of anilines is 3. The van der Waals surface area contributed by atoms with E-state index in [1.807, 2.05) is 24.3 Å². The number of carbonyl (C=O) groups is 2. The van der Waals surface area contributed by atoms with E-state index in [0.29, 0.717) is 16.9 Å². The molecule has 1 saturated heterocycles. The average Bonchev–Trinajstić information content (AvgIpc) is 3.17. The lowest BCUT2D eigenvalue weighted by Crippen LogP contribution is -2.21. The Balaban J connectivity index is 1.63. The second-order valence-electron chi connectivity index (χ2n) is 6.09. The number of urea groups is 1. The van der Waals surface area contributed by atoms with Crippen LogP contribution in [0.5, 0.6) is 0 Å². The summed E-state index contributed by atoms with van der Waals surface area (Å²) in [5.74, 6) is -0.460. The van der Waals surface area contributed by atoms with Crippen molar-refractivity contribution in [2.75, 3.05) is 35.2 Å². The molecule has 0 aliphatic carbocycles. The second-order valence-corrected chi connectivity index (χ2v) is 6.09. The molecule has 1 fully saturated rings. The molecular weight excluding hydrogens is 330 g/mol. The van der Waals surface area contributed by atoms with Gasteiger partial charge in [0.25, 0.3) is 0 Å². The molecule has 6 heteroatoms. The van der Waals surface area contributed by atoms with Gasteiger partial charge in [0.15, 0.2) is 0 Å². The number of carbonyl (C=O) groups excluding carboxylic acids is 2. The van der Waals surface area contributed by atoms with Crippen LogP contribution in [-0.4, -0.2) is 31.7 Å². The van der Waals surface area contributed by atoms with Gasteiger partial charge in [0.05, 0.1) is 17.9 Å². The smallest absolute Gasteiger partial charge is 0.340 e. The van der Waals surface area contributed by atoms with E-state index >= 15 is 0 Å². The van der Waals surface area contributed by atoms with Gasteiger partial charge in [-0.1, -0.05) is 12.1 Å². The van der Waals surface area contributed by atoms with Gasteiger partial charge in [0.2, 0.25) is 0 Å². The Kier molecular flexibility index (Phi) is 5.73. The first-order chi connectivity index (χ1) is 12.7. The Bertz CT molecular complexity index is 768. The molecule has 3 rings (SSSR count). The standard InChI is InChI=1S/C20H23N3O3/c1-2-26-19(24)17-7-3-4-8-18(17)22-20(25)21-15-9-11-16(12-10-15)23-13-5-6-14-23/h3-4,7-12H,2,5-6,13-14H2,1H3,(H2,21,22,25). The van der Waals surface area contributed by atoms with Crippen LogP contribution in [0.4, 0.5) is 21.9 Å². The van der Waals surface area contributed by atoms with Crippen LogP contribution < -0.4 is 15.5 Å². The van der Waals surface area contributed by atoms with E-state index in [1.54, 1.807) is 31.2 Å². The quantitative estimate of drug-likeness (QED) is 0.794. The lowest BCUT2D eigenvalue weighted by Gasteiger charge is -2.18. The number of ether oxygens (including phenoxy) is 1. The van der Waals surface area contributed by atoms with Crippen LogP contribution in [0, 0.1) is 0 Å². The molecule has 0 bridgehead atoms. The summed E-state index contributed by atoms with van der Waals surface area (Å²) in [6, 6.07) is 14.1. The molecule has 2 amide bonds. The highest BCUT2D eigenvalue weighted by atomic mass is 16.5. The monoisotopic (exact) mass is 353 g/mol. The summed E-state index contributed by atoms with van der Waals surface area (Å²) in [6.45, 7) is 4.19. The van der Waals surface area contributed by atoms with E-state index < -0.39 is 12.0 Å². The molecule has 0 atom stereocenters. The van der Waals surface area contributed by atoms with Gasteiger partial charge in [0.1, 0.15) is 0 Å². The number of esters is 1. The van der Waals surface area contributed by atoms with Crippen molar-refractivity contribution < 1.29 is 14.3 Å². The van der Waals surface area contributed by atoms with Crippen LogP contribution in [-0.2, 0) is 4.74 Å². The van der Waals surface area contributed by atoms with Crippen LogP contribution in [0.3, 0.4) is 0 Å². The fourth-order valence-corrected chi connectivity index (χ4v) is 2.99. The predicted molar refractivity (Wildman–Crippen MR) is 103 cm³/mol. The molecule has 6 nitrogen and oxygen atoms in total. The van der Waals surface area contributed by atoms with Crippen molar-refractivity contribution in [2.45, 2.75) is 19.8 Å². The van der Waals surface area contributed by atoms with Gasteiger partial charge in [-0.2, -0.15) is 0 Å². The summed E-state index contributed by atoms with van der Waals surface area (Å²) in [6.07, 6.45) is 2.45. The van der Waals surface area contributed by atoms with E-state index in [-0.39, 0.29) is 6.61 Å². The van der Waals surface area contributed by atoms with Gasteiger partial charge in [-0.05, 0) is 56.2 Å². The van der Waals surface area contributed by atoms with E-state index in [1.165, 1.54) is 18.5 Å². The Hall–Kier alpha value is -3.02. The topological polar surface area (TPSA) is 70.7 Å². The van der Waals surface area contributed by atoms with Gasteiger partial charge in [0, 0.05) is 24.5 Å². The van der Waals surface area contributed by atoms with E-state index in [2.05, 4.69) is 15.5 Å². The molecule has 1 heterocycles. The third-order valence-electron chi connectivity index (χ3n) is 4.27. The van der Waals surface area contributed by atoms with Gasteiger partial charge in [-0.25, -0.2) is 9.59 Å². The van der Waals surface area contributed by atoms with E-state index in [4.69, 9.17) is 4.74 Å². The molecular formula is C20H23N3O3. The van der Waals surface area contributed by atoms with Crippen molar-refractivity contribution >= 4 is 29.1 Å². The summed E-state index contributed by atoms with van der Waals surface area (Å²) in [4.78, 5) is 26.6. The number of benzene rings is 2. The van der Waals surface area contributed by atoms with Crippen LogP contribution in [0.15, 0.2) is 48.5 Å². The summed E-state index contributed by atoms with van der Waals surface area (Å²) >= 11 is 0. The lowest BCUT2D eigenvalue weighted by atomic mass is 10.2. The molecule has 1 aliphatic heterocycles. The number of para-hydroxylation sites is 1. The zero-order valence-corrected chi connectivity index (χ0v) is 14.8. The first-order valence-corrected chi connectivity index (χ1v) is 8.86. The lowest BCUT2D eigenvalue weighted by molar-refractivity contribution is 0.0527. The molecule has 0 unspecified atom stereocenters. The molecule has 26 heavy (non-hydrogen) atoms. The Morgan fingerprint density at radius 2 is 1.69 bits per heavy atom. The van der Waals surface area contributed by atoms with Gasteiger partial charge in [-0.15, -0.1) is 0 Å². The van der Waals surface area contributed by atoms with Crippen LogP contribution in [0.2, 0.25) is 0 Å². The SMILES string of the molecule is CCOC(=O)c1ccccc1NC(=O)Nc1ccc(N2CCCC2)cc1. The highest BCUT2D eigenvalue weighted by Crippen LogP contribution is 2.22. The maximum absolute atomic E-state index is 12.3. The highest BCUT2D eigenvalue weighted by Gasteiger charge is 2.15. The van der Waals surface area contributed by atoms with Crippen molar-refractivity contribution in [1.82, 2.24) is 0 Å². The Labute approximate surface area is 153 Å². The fourth-order valence-electron chi connectivity index (χ4n) is 2.99. The van der Waals surface area contributed by atoms with E-state index in [0.717, 1.165) is 13.1 Å². The summed E-state index contributed by atoms with van der Waals surface area (Å²) in [5.41, 5.74) is 2.60. The van der Waals surface area contributed by atoms with Crippen molar-refractivity contribution in [3.05, 3.63) is 54.1 Å². The minimum atomic E-state index is -0.460. The second kappa shape index (κ2) is 8.38. The maximum atomic E-state index is 12.3. The van der Waals surface area contributed by atoms with Gasteiger partial charge < -0.3 is 20.3 Å². The highest BCUT2D eigenvalue weighted by molar-refractivity contribution is 6.05.